The summed E-state index contributed by atoms with van der Waals surface area (Å²) in [5.74, 6) is 0.197. The standard InChI is InChI=1S/C27H19ClN2O2S/c28-19-10-7-18(8-11-19)25-22-14-9-17-3-1-2-4-21(17)24(22)29-27-30(25)26(32)23(33-27)15-16-5-12-20(31)13-6-16/h1-8,10-13,15,25,31H,9,14H2/b23-15-. The van der Waals surface area contributed by atoms with Crippen LogP contribution < -0.4 is 14.9 Å². The normalized spacial score (nSPS) is 17.2. The van der Waals surface area contributed by atoms with Gasteiger partial charge in [0.15, 0.2) is 4.80 Å². The van der Waals surface area contributed by atoms with E-state index >= 15 is 0 Å². The van der Waals surface area contributed by atoms with Crippen molar-refractivity contribution in [3.8, 4) is 5.75 Å². The van der Waals surface area contributed by atoms with Gasteiger partial charge < -0.3 is 5.11 Å². The lowest BCUT2D eigenvalue weighted by atomic mass is 9.83. The van der Waals surface area contributed by atoms with Crippen LogP contribution in [-0.2, 0) is 6.42 Å². The summed E-state index contributed by atoms with van der Waals surface area (Å²) in [4.78, 5) is 19.3. The lowest BCUT2D eigenvalue weighted by Gasteiger charge is -2.30. The zero-order valence-corrected chi connectivity index (χ0v) is 19.1. The molecule has 1 N–H and O–H groups in total. The first kappa shape index (κ1) is 20.2. The molecular weight excluding hydrogens is 452 g/mol. The van der Waals surface area contributed by atoms with Gasteiger partial charge in [-0.1, -0.05) is 71.5 Å². The third-order valence-electron chi connectivity index (χ3n) is 6.25. The minimum absolute atomic E-state index is 0.0582. The molecule has 1 aliphatic carbocycles. The van der Waals surface area contributed by atoms with Crippen molar-refractivity contribution in [2.45, 2.75) is 18.9 Å². The van der Waals surface area contributed by atoms with E-state index in [4.69, 9.17) is 16.6 Å². The number of aryl methyl sites for hydroxylation is 1. The Bertz CT molecular complexity index is 1600. The molecule has 2 heterocycles. The smallest absolute Gasteiger partial charge is 0.271 e. The fraction of sp³-hybridized carbons (Fsp3) is 0.111. The van der Waals surface area contributed by atoms with Crippen molar-refractivity contribution >= 4 is 34.7 Å². The van der Waals surface area contributed by atoms with Crippen molar-refractivity contribution in [1.82, 2.24) is 4.57 Å². The highest BCUT2D eigenvalue weighted by Gasteiger charge is 2.32. The van der Waals surface area contributed by atoms with E-state index in [0.29, 0.717) is 14.4 Å². The van der Waals surface area contributed by atoms with Crippen molar-refractivity contribution in [2.75, 3.05) is 0 Å². The van der Waals surface area contributed by atoms with Crippen molar-refractivity contribution < 1.29 is 5.11 Å². The van der Waals surface area contributed by atoms with Crippen LogP contribution in [0.4, 0.5) is 0 Å². The SMILES string of the molecule is O=c1/c(=C/c2ccc(O)cc2)sc2n1C(c1ccc(Cl)cc1)C1=C(N=2)c2ccccc2CC1. The second-order valence-corrected chi connectivity index (χ2v) is 9.70. The van der Waals surface area contributed by atoms with Crippen LogP contribution in [0.1, 0.15) is 34.7 Å². The number of allylic oxidation sites excluding steroid dienone is 1. The summed E-state index contributed by atoms with van der Waals surface area (Å²) in [6.45, 7) is 0. The van der Waals surface area contributed by atoms with E-state index in [0.717, 1.165) is 35.2 Å². The molecule has 6 heteroatoms. The Morgan fingerprint density at radius 3 is 2.55 bits per heavy atom. The number of nitrogens with zero attached hydrogens (tertiary/aromatic N) is 2. The second kappa shape index (κ2) is 7.87. The van der Waals surface area contributed by atoms with Gasteiger partial charge in [0.2, 0.25) is 0 Å². The molecule has 6 rings (SSSR count). The first-order valence-electron chi connectivity index (χ1n) is 10.8. The second-order valence-electron chi connectivity index (χ2n) is 8.26. The van der Waals surface area contributed by atoms with E-state index in [-0.39, 0.29) is 17.4 Å². The van der Waals surface area contributed by atoms with Gasteiger partial charge in [-0.15, -0.1) is 0 Å². The number of halogens is 1. The van der Waals surface area contributed by atoms with Crippen LogP contribution in [-0.4, -0.2) is 9.67 Å². The average Bonchev–Trinajstić information content (AvgIpc) is 3.14. The van der Waals surface area contributed by atoms with E-state index in [1.807, 2.05) is 41.0 Å². The third kappa shape index (κ3) is 3.45. The summed E-state index contributed by atoms with van der Waals surface area (Å²) < 4.78 is 2.44. The summed E-state index contributed by atoms with van der Waals surface area (Å²) in [5, 5.41) is 10.3. The number of thiazole rings is 1. The molecular formula is C27H19ClN2O2S. The van der Waals surface area contributed by atoms with Gasteiger partial charge in [0, 0.05) is 10.6 Å². The van der Waals surface area contributed by atoms with Crippen molar-refractivity contribution in [1.29, 1.82) is 0 Å². The first-order chi connectivity index (χ1) is 16.1. The highest BCUT2D eigenvalue weighted by atomic mass is 35.5. The molecule has 0 saturated carbocycles. The Morgan fingerprint density at radius 1 is 1.00 bits per heavy atom. The third-order valence-corrected chi connectivity index (χ3v) is 7.48. The van der Waals surface area contributed by atoms with Crippen molar-refractivity contribution in [3.05, 3.63) is 125 Å². The van der Waals surface area contributed by atoms with E-state index in [9.17, 15) is 9.90 Å². The van der Waals surface area contributed by atoms with Crippen LogP contribution >= 0.6 is 22.9 Å². The number of fused-ring (bicyclic) bond motifs is 3. The number of phenols is 1. The van der Waals surface area contributed by atoms with Gasteiger partial charge in [0.1, 0.15) is 5.75 Å². The van der Waals surface area contributed by atoms with Gasteiger partial charge in [0.05, 0.1) is 16.3 Å². The maximum Gasteiger partial charge on any atom is 0.271 e. The Hall–Kier alpha value is -3.41. The van der Waals surface area contributed by atoms with E-state index in [1.54, 1.807) is 24.3 Å². The molecule has 0 bridgehead atoms. The molecule has 2 aliphatic rings. The summed E-state index contributed by atoms with van der Waals surface area (Å²) >= 11 is 7.57. The monoisotopic (exact) mass is 470 g/mol. The number of aromatic nitrogens is 1. The number of hydrogen-bond acceptors (Lipinski definition) is 4. The summed E-state index contributed by atoms with van der Waals surface area (Å²) in [7, 11) is 0. The van der Waals surface area contributed by atoms with Gasteiger partial charge in [-0.2, -0.15) is 0 Å². The van der Waals surface area contributed by atoms with Crippen molar-refractivity contribution in [3.63, 3.8) is 0 Å². The topological polar surface area (TPSA) is 54.6 Å². The van der Waals surface area contributed by atoms with Gasteiger partial charge in [-0.3, -0.25) is 9.36 Å². The predicted octanol–water partition coefficient (Wildman–Crippen LogP) is 4.68. The molecule has 33 heavy (non-hydrogen) atoms. The van der Waals surface area contributed by atoms with Crippen LogP contribution in [0.5, 0.6) is 5.75 Å². The van der Waals surface area contributed by atoms with Crippen molar-refractivity contribution in [2.24, 2.45) is 4.99 Å². The molecule has 4 nitrogen and oxygen atoms in total. The molecule has 1 atom stereocenters. The molecule has 4 aromatic rings. The summed E-state index contributed by atoms with van der Waals surface area (Å²) in [5.41, 5.74) is 6.41. The molecule has 162 valence electrons. The lowest BCUT2D eigenvalue weighted by molar-refractivity contribution is 0.475. The molecule has 0 saturated heterocycles. The molecule has 0 radical (unpaired) electrons. The van der Waals surface area contributed by atoms with Gasteiger partial charge in [0.25, 0.3) is 5.56 Å². The highest BCUT2D eigenvalue weighted by Crippen LogP contribution is 2.41. The van der Waals surface area contributed by atoms with Crippen LogP contribution in [0.3, 0.4) is 0 Å². The van der Waals surface area contributed by atoms with Crippen LogP contribution in [0, 0.1) is 0 Å². The average molecular weight is 471 g/mol. The Balaban J connectivity index is 1.62. The minimum Gasteiger partial charge on any atom is -0.508 e. The number of aromatic hydroxyl groups is 1. The van der Waals surface area contributed by atoms with E-state index in [1.165, 1.54) is 22.5 Å². The fourth-order valence-electron chi connectivity index (χ4n) is 4.69. The Kier molecular flexibility index (Phi) is 4.82. The predicted molar refractivity (Wildman–Crippen MR) is 132 cm³/mol. The zero-order chi connectivity index (χ0) is 22.5. The lowest BCUT2D eigenvalue weighted by Crippen LogP contribution is -2.38. The quantitative estimate of drug-likeness (QED) is 0.462. The van der Waals surface area contributed by atoms with Crippen LogP contribution in [0.2, 0.25) is 5.02 Å². The van der Waals surface area contributed by atoms with Gasteiger partial charge >= 0.3 is 0 Å². The van der Waals surface area contributed by atoms with Crippen LogP contribution in [0.25, 0.3) is 11.8 Å². The molecule has 3 aromatic carbocycles. The van der Waals surface area contributed by atoms with Gasteiger partial charge in [-0.25, -0.2) is 4.99 Å². The Morgan fingerprint density at radius 2 is 1.76 bits per heavy atom. The highest BCUT2D eigenvalue weighted by molar-refractivity contribution is 7.07. The molecule has 0 amide bonds. The van der Waals surface area contributed by atoms with E-state index < -0.39 is 0 Å². The molecule has 1 unspecified atom stereocenters. The fourth-order valence-corrected chi connectivity index (χ4v) is 5.82. The zero-order valence-electron chi connectivity index (χ0n) is 17.5. The number of benzene rings is 3. The summed E-state index contributed by atoms with van der Waals surface area (Å²) in [6.07, 6.45) is 3.64. The number of phenolic OH excluding ortho intramolecular Hbond substituents is 1. The van der Waals surface area contributed by atoms with Crippen LogP contribution in [0.15, 0.2) is 88.2 Å². The largest absolute Gasteiger partial charge is 0.508 e. The first-order valence-corrected chi connectivity index (χ1v) is 12.0. The number of hydrogen-bond donors (Lipinski definition) is 1. The van der Waals surface area contributed by atoms with Gasteiger partial charge in [-0.05, 0) is 65.4 Å². The molecule has 1 aliphatic heterocycles. The van der Waals surface area contributed by atoms with E-state index in [2.05, 4.69) is 18.2 Å². The molecule has 0 fully saturated rings. The maximum atomic E-state index is 13.6. The minimum atomic E-state index is -0.219. The molecule has 0 spiro atoms. The molecule has 1 aromatic heterocycles. The summed E-state index contributed by atoms with van der Waals surface area (Å²) in [6, 6.07) is 22.8. The Labute approximate surface area is 199 Å². The maximum absolute atomic E-state index is 13.6. The number of rotatable bonds is 2.